The monoisotopic (exact) mass is 344 g/mol. The van der Waals surface area contributed by atoms with E-state index in [9.17, 15) is 14.4 Å². The van der Waals surface area contributed by atoms with Crippen LogP contribution in [0.2, 0.25) is 0 Å². The van der Waals surface area contributed by atoms with E-state index in [2.05, 4.69) is 15.7 Å². The number of ether oxygens (including phenoxy) is 1. The summed E-state index contributed by atoms with van der Waals surface area (Å²) in [6.45, 7) is 5.00. The van der Waals surface area contributed by atoms with E-state index >= 15 is 0 Å². The largest absolute Gasteiger partial charge is 0.452 e. The zero-order chi connectivity index (χ0) is 18.4. The van der Waals surface area contributed by atoms with Gasteiger partial charge in [0, 0.05) is 6.54 Å². The van der Waals surface area contributed by atoms with E-state index in [1.165, 1.54) is 0 Å². The zero-order valence-corrected chi connectivity index (χ0v) is 14.3. The van der Waals surface area contributed by atoms with Crippen LogP contribution in [-0.4, -0.2) is 40.8 Å². The second kappa shape index (κ2) is 8.09. The molecule has 3 amide bonds. The standard InChI is InChI=1S/C17H20N4O4/c1-4-18-17(24)19-14(22)10-25-16(23)15-11(2)20-21(12(15)3)13-8-6-5-7-9-13/h5-9H,4,10H2,1-3H3,(H2,18,19,22,24). The molecule has 0 bridgehead atoms. The number of rotatable bonds is 5. The first-order chi connectivity index (χ1) is 11.9. The lowest BCUT2D eigenvalue weighted by atomic mass is 10.2. The molecule has 0 aliphatic heterocycles. The van der Waals surface area contributed by atoms with Gasteiger partial charge in [0.1, 0.15) is 5.56 Å². The third-order valence-electron chi connectivity index (χ3n) is 3.42. The quantitative estimate of drug-likeness (QED) is 0.800. The topological polar surface area (TPSA) is 102 Å². The van der Waals surface area contributed by atoms with Gasteiger partial charge < -0.3 is 10.1 Å². The molecule has 25 heavy (non-hydrogen) atoms. The maximum Gasteiger partial charge on any atom is 0.342 e. The van der Waals surface area contributed by atoms with Crippen LogP contribution in [0, 0.1) is 13.8 Å². The fourth-order valence-corrected chi connectivity index (χ4v) is 2.33. The van der Waals surface area contributed by atoms with E-state index in [1.54, 1.807) is 25.5 Å². The summed E-state index contributed by atoms with van der Waals surface area (Å²) < 4.78 is 6.64. The molecule has 0 saturated carbocycles. The second-order valence-electron chi connectivity index (χ2n) is 5.28. The highest BCUT2D eigenvalue weighted by molar-refractivity contribution is 5.97. The number of hydrogen-bond acceptors (Lipinski definition) is 5. The summed E-state index contributed by atoms with van der Waals surface area (Å²) in [5, 5.41) is 8.82. The van der Waals surface area contributed by atoms with E-state index in [1.807, 2.05) is 30.3 Å². The molecule has 0 aliphatic rings. The van der Waals surface area contributed by atoms with Gasteiger partial charge >= 0.3 is 12.0 Å². The number of nitrogens with one attached hydrogen (secondary N) is 2. The van der Waals surface area contributed by atoms with Gasteiger partial charge in [-0.15, -0.1) is 0 Å². The van der Waals surface area contributed by atoms with Crippen molar-refractivity contribution < 1.29 is 19.1 Å². The zero-order valence-electron chi connectivity index (χ0n) is 14.3. The predicted molar refractivity (Wildman–Crippen MR) is 90.5 cm³/mol. The molecule has 0 spiro atoms. The summed E-state index contributed by atoms with van der Waals surface area (Å²) in [4.78, 5) is 35.1. The van der Waals surface area contributed by atoms with E-state index in [4.69, 9.17) is 4.74 Å². The summed E-state index contributed by atoms with van der Waals surface area (Å²) in [7, 11) is 0. The summed E-state index contributed by atoms with van der Waals surface area (Å²) in [6, 6.07) is 8.73. The molecule has 2 aromatic rings. The average molecular weight is 344 g/mol. The van der Waals surface area contributed by atoms with Gasteiger partial charge in [0.2, 0.25) is 0 Å². The molecule has 0 atom stereocenters. The molecule has 0 fully saturated rings. The maximum atomic E-state index is 12.3. The number of imide groups is 1. The molecule has 8 heteroatoms. The van der Waals surface area contributed by atoms with Crippen molar-refractivity contribution in [3.8, 4) is 5.69 Å². The first kappa shape index (κ1) is 18.2. The van der Waals surface area contributed by atoms with Gasteiger partial charge in [0.15, 0.2) is 6.61 Å². The lowest BCUT2D eigenvalue weighted by Crippen LogP contribution is -2.41. The van der Waals surface area contributed by atoms with Gasteiger partial charge in [-0.1, -0.05) is 18.2 Å². The highest BCUT2D eigenvalue weighted by Crippen LogP contribution is 2.18. The third kappa shape index (κ3) is 4.43. The Labute approximate surface area is 145 Å². The molecule has 1 heterocycles. The number of aromatic nitrogens is 2. The van der Waals surface area contributed by atoms with Crippen molar-refractivity contribution in [2.24, 2.45) is 0 Å². The van der Waals surface area contributed by atoms with Gasteiger partial charge in [0.05, 0.1) is 17.1 Å². The van der Waals surface area contributed by atoms with Crippen LogP contribution < -0.4 is 10.6 Å². The number of hydrogen-bond donors (Lipinski definition) is 2. The highest BCUT2D eigenvalue weighted by atomic mass is 16.5. The van der Waals surface area contributed by atoms with Crippen molar-refractivity contribution in [3.05, 3.63) is 47.3 Å². The third-order valence-corrected chi connectivity index (χ3v) is 3.42. The van der Waals surface area contributed by atoms with Crippen LogP contribution in [0.4, 0.5) is 4.79 Å². The van der Waals surface area contributed by atoms with E-state index in [-0.39, 0.29) is 0 Å². The first-order valence-corrected chi connectivity index (χ1v) is 7.80. The molecule has 0 saturated heterocycles. The van der Waals surface area contributed by atoms with Crippen molar-refractivity contribution in [2.75, 3.05) is 13.2 Å². The summed E-state index contributed by atoms with van der Waals surface area (Å²) in [5.41, 5.74) is 2.22. The second-order valence-corrected chi connectivity index (χ2v) is 5.28. The summed E-state index contributed by atoms with van der Waals surface area (Å²) in [5.74, 6) is -1.37. The van der Waals surface area contributed by atoms with Gasteiger partial charge in [-0.3, -0.25) is 10.1 Å². The van der Waals surface area contributed by atoms with E-state index in [0.717, 1.165) is 5.69 Å². The number of aryl methyl sites for hydroxylation is 1. The van der Waals surface area contributed by atoms with Crippen molar-refractivity contribution in [1.29, 1.82) is 0 Å². The number of benzene rings is 1. The fraction of sp³-hybridized carbons (Fsp3) is 0.294. The number of carbonyl (C=O) groups is 3. The first-order valence-electron chi connectivity index (χ1n) is 7.80. The Balaban J connectivity index is 2.06. The molecule has 0 radical (unpaired) electrons. The van der Waals surface area contributed by atoms with Crippen molar-refractivity contribution in [1.82, 2.24) is 20.4 Å². The Hall–Kier alpha value is -3.16. The molecule has 8 nitrogen and oxygen atoms in total. The smallest absolute Gasteiger partial charge is 0.342 e. The van der Waals surface area contributed by atoms with Crippen LogP contribution in [0.25, 0.3) is 5.69 Å². The van der Waals surface area contributed by atoms with Crippen LogP contribution in [0.5, 0.6) is 0 Å². The Morgan fingerprint density at radius 3 is 2.48 bits per heavy atom. The minimum absolute atomic E-state index is 0.301. The van der Waals surface area contributed by atoms with Gasteiger partial charge in [-0.2, -0.15) is 5.10 Å². The predicted octanol–water partition coefficient (Wildman–Crippen LogP) is 1.49. The summed E-state index contributed by atoms with van der Waals surface area (Å²) in [6.07, 6.45) is 0. The Morgan fingerprint density at radius 1 is 1.16 bits per heavy atom. The molecule has 132 valence electrons. The van der Waals surface area contributed by atoms with E-state index < -0.39 is 24.5 Å². The Kier molecular flexibility index (Phi) is 5.89. The molecule has 2 rings (SSSR count). The van der Waals surface area contributed by atoms with Crippen LogP contribution in [-0.2, 0) is 9.53 Å². The van der Waals surface area contributed by atoms with Crippen LogP contribution >= 0.6 is 0 Å². The number of esters is 1. The number of amides is 3. The highest BCUT2D eigenvalue weighted by Gasteiger charge is 2.21. The SMILES string of the molecule is CCNC(=O)NC(=O)COC(=O)c1c(C)nn(-c2ccccc2)c1C. The number of urea groups is 1. The minimum atomic E-state index is -0.704. The van der Waals surface area contributed by atoms with Crippen LogP contribution in [0.1, 0.15) is 28.7 Å². The lowest BCUT2D eigenvalue weighted by molar-refractivity contribution is -0.123. The van der Waals surface area contributed by atoms with Gasteiger partial charge in [0.25, 0.3) is 5.91 Å². The molecule has 0 unspecified atom stereocenters. The Morgan fingerprint density at radius 2 is 1.84 bits per heavy atom. The molecule has 1 aromatic carbocycles. The van der Waals surface area contributed by atoms with Gasteiger partial charge in [-0.25, -0.2) is 14.3 Å². The van der Waals surface area contributed by atoms with Gasteiger partial charge in [-0.05, 0) is 32.9 Å². The van der Waals surface area contributed by atoms with E-state index in [0.29, 0.717) is 23.5 Å². The Bertz CT molecular complexity index is 783. The van der Waals surface area contributed by atoms with Crippen molar-refractivity contribution in [3.63, 3.8) is 0 Å². The number of nitrogens with zero attached hydrogens (tertiary/aromatic N) is 2. The van der Waals surface area contributed by atoms with Crippen LogP contribution in [0.3, 0.4) is 0 Å². The maximum absolute atomic E-state index is 12.3. The average Bonchev–Trinajstić information content (AvgIpc) is 2.88. The van der Waals surface area contributed by atoms with Crippen molar-refractivity contribution in [2.45, 2.75) is 20.8 Å². The van der Waals surface area contributed by atoms with Crippen LogP contribution in [0.15, 0.2) is 30.3 Å². The van der Waals surface area contributed by atoms with Crippen molar-refractivity contribution >= 4 is 17.9 Å². The summed E-state index contributed by atoms with van der Waals surface area (Å²) >= 11 is 0. The number of carbonyl (C=O) groups excluding carboxylic acids is 3. The fourth-order valence-electron chi connectivity index (χ4n) is 2.33. The minimum Gasteiger partial charge on any atom is -0.452 e. The molecular weight excluding hydrogens is 324 g/mol. The molecule has 2 N–H and O–H groups in total. The lowest BCUT2D eigenvalue weighted by Gasteiger charge is -2.07. The normalized spacial score (nSPS) is 10.2. The molecular formula is C17H20N4O4. The molecule has 0 aliphatic carbocycles. The molecule has 1 aromatic heterocycles. The number of para-hydroxylation sites is 1.